The normalized spacial score (nSPS) is 22.6. The number of nitrogens with zero attached hydrogens (tertiary/aromatic N) is 3. The number of aromatic nitrogens is 2. The van der Waals surface area contributed by atoms with E-state index in [-0.39, 0.29) is 24.5 Å². The third kappa shape index (κ3) is 3.33. The van der Waals surface area contributed by atoms with Crippen LogP contribution in [0.3, 0.4) is 0 Å². The fourth-order valence-electron chi connectivity index (χ4n) is 4.38. The molecular formula is C20H28FN5O4. The fourth-order valence-corrected chi connectivity index (χ4v) is 4.38. The number of halogens is 1. The molecule has 4 rings (SSSR count). The van der Waals surface area contributed by atoms with Gasteiger partial charge in [0.15, 0.2) is 5.75 Å². The molecule has 2 fully saturated rings. The first kappa shape index (κ1) is 20.7. The third-order valence-corrected chi connectivity index (χ3v) is 6.17. The highest BCUT2D eigenvalue weighted by Gasteiger charge is 2.38. The summed E-state index contributed by atoms with van der Waals surface area (Å²) in [6, 6.07) is 3.00. The van der Waals surface area contributed by atoms with Crippen molar-refractivity contribution in [1.29, 1.82) is 0 Å². The zero-order valence-electron chi connectivity index (χ0n) is 17.2. The van der Waals surface area contributed by atoms with Gasteiger partial charge in [0, 0.05) is 44.8 Å². The maximum atomic E-state index is 14.8. The zero-order chi connectivity index (χ0) is 21.6. The van der Waals surface area contributed by atoms with Gasteiger partial charge in [-0.25, -0.2) is 9.18 Å². The minimum atomic E-state index is -1.10. The van der Waals surface area contributed by atoms with Gasteiger partial charge in [-0.05, 0) is 31.4 Å². The van der Waals surface area contributed by atoms with Gasteiger partial charge in [-0.1, -0.05) is 0 Å². The van der Waals surface area contributed by atoms with Crippen LogP contribution in [-0.4, -0.2) is 55.4 Å². The summed E-state index contributed by atoms with van der Waals surface area (Å²) in [4.78, 5) is 27.2. The van der Waals surface area contributed by atoms with Crippen LogP contribution in [0.4, 0.5) is 10.1 Å². The minimum Gasteiger partial charge on any atom is -0.492 e. The predicted molar refractivity (Wildman–Crippen MR) is 113 cm³/mol. The minimum absolute atomic E-state index is 0.0257. The molecule has 1 aliphatic heterocycles. The Hall–Kier alpha value is -2.59. The number of hydrogen-bond acceptors (Lipinski definition) is 7. The summed E-state index contributed by atoms with van der Waals surface area (Å²) in [6.07, 6.45) is 1.13. The number of rotatable bonds is 7. The van der Waals surface area contributed by atoms with Crippen molar-refractivity contribution in [3.63, 3.8) is 0 Å². The first-order valence-electron chi connectivity index (χ1n) is 10.2. The molecule has 2 heterocycles. The van der Waals surface area contributed by atoms with Crippen molar-refractivity contribution in [1.82, 2.24) is 9.24 Å². The van der Waals surface area contributed by atoms with Gasteiger partial charge < -0.3 is 25.9 Å². The van der Waals surface area contributed by atoms with Gasteiger partial charge >= 0.3 is 5.69 Å². The molecule has 1 saturated carbocycles. The smallest absolute Gasteiger partial charge is 0.350 e. The second-order valence-corrected chi connectivity index (χ2v) is 8.10. The molecule has 3 atom stereocenters. The molecule has 2 aromatic rings. The summed E-state index contributed by atoms with van der Waals surface area (Å²) in [6.45, 7) is 1.05. The molecule has 10 heteroatoms. The number of alkyl halides is 1. The number of methoxy groups -OCH3 is 2. The molecule has 9 nitrogen and oxygen atoms in total. The molecule has 0 unspecified atom stereocenters. The number of ether oxygens (including phenoxy) is 2. The van der Waals surface area contributed by atoms with Crippen LogP contribution >= 0.6 is 0 Å². The Balaban J connectivity index is 1.80. The Morgan fingerprint density at radius 1 is 1.23 bits per heavy atom. The SMILES string of the molecule is COCC[C@H](N)[C@H]1CN(c2ccc3c(=O)n(N)c(=O)n(C4CC4)c3c2OC)C[C@H]1F. The summed E-state index contributed by atoms with van der Waals surface area (Å²) in [5.41, 5.74) is 6.10. The van der Waals surface area contributed by atoms with Gasteiger partial charge in [-0.2, -0.15) is 4.68 Å². The molecule has 30 heavy (non-hydrogen) atoms. The van der Waals surface area contributed by atoms with Crippen LogP contribution in [0.2, 0.25) is 0 Å². The van der Waals surface area contributed by atoms with Crippen LogP contribution < -0.4 is 32.5 Å². The molecule has 164 valence electrons. The second-order valence-electron chi connectivity index (χ2n) is 8.10. The summed E-state index contributed by atoms with van der Waals surface area (Å²) < 4.78 is 27.7. The number of benzene rings is 1. The first-order valence-corrected chi connectivity index (χ1v) is 10.2. The number of anilines is 1. The summed E-state index contributed by atoms with van der Waals surface area (Å²) >= 11 is 0. The van der Waals surface area contributed by atoms with Gasteiger partial charge in [0.2, 0.25) is 0 Å². The maximum Gasteiger partial charge on any atom is 0.350 e. The van der Waals surface area contributed by atoms with Crippen LogP contribution in [0.5, 0.6) is 5.75 Å². The molecule has 0 spiro atoms. The van der Waals surface area contributed by atoms with Crippen molar-refractivity contribution in [3.8, 4) is 5.75 Å². The largest absolute Gasteiger partial charge is 0.492 e. The number of fused-ring (bicyclic) bond motifs is 1. The molecule has 1 saturated heterocycles. The standard InChI is InChI=1S/C20H28FN5O4/c1-29-8-7-15(22)13-9-24(10-14(13)21)16-6-5-12-17(18(16)30-2)25(11-3-4-11)20(28)26(23)19(12)27/h5-6,11,13-15H,3-4,7-10,22-23H2,1-2H3/t13-,14+,15-/m0/s1. The van der Waals surface area contributed by atoms with Gasteiger partial charge in [0.1, 0.15) is 11.7 Å². The van der Waals surface area contributed by atoms with E-state index in [1.165, 1.54) is 11.7 Å². The van der Waals surface area contributed by atoms with Crippen LogP contribution in [0.15, 0.2) is 21.7 Å². The van der Waals surface area contributed by atoms with Gasteiger partial charge in [-0.15, -0.1) is 0 Å². The van der Waals surface area contributed by atoms with Crippen LogP contribution in [0.25, 0.3) is 10.9 Å². The van der Waals surface area contributed by atoms with E-state index in [9.17, 15) is 14.0 Å². The summed E-state index contributed by atoms with van der Waals surface area (Å²) in [7, 11) is 3.08. The van der Waals surface area contributed by atoms with Crippen LogP contribution in [0, 0.1) is 5.92 Å². The molecule has 4 N–H and O–H groups in total. The topological polar surface area (TPSA) is 118 Å². The monoisotopic (exact) mass is 421 g/mol. The lowest BCUT2D eigenvalue weighted by molar-refractivity contribution is 0.166. The van der Waals surface area contributed by atoms with Crippen LogP contribution in [-0.2, 0) is 4.74 Å². The van der Waals surface area contributed by atoms with E-state index in [0.29, 0.717) is 46.6 Å². The lowest BCUT2D eigenvalue weighted by Gasteiger charge is -2.24. The Morgan fingerprint density at radius 3 is 2.60 bits per heavy atom. The Labute approximate surface area is 172 Å². The zero-order valence-corrected chi connectivity index (χ0v) is 17.2. The molecular weight excluding hydrogens is 393 g/mol. The van der Waals surface area contributed by atoms with Crippen molar-refractivity contribution in [2.45, 2.75) is 37.5 Å². The lowest BCUT2D eigenvalue weighted by Crippen LogP contribution is -2.44. The van der Waals surface area contributed by atoms with Crippen molar-refractivity contribution in [2.24, 2.45) is 11.7 Å². The van der Waals surface area contributed by atoms with Gasteiger partial charge in [-0.3, -0.25) is 9.36 Å². The van der Waals surface area contributed by atoms with Gasteiger partial charge in [0.05, 0.1) is 18.2 Å². The highest BCUT2D eigenvalue weighted by atomic mass is 19.1. The van der Waals surface area contributed by atoms with E-state index >= 15 is 0 Å². The summed E-state index contributed by atoms with van der Waals surface area (Å²) in [5.74, 6) is 5.76. The average Bonchev–Trinajstić information content (AvgIpc) is 3.50. The van der Waals surface area contributed by atoms with E-state index in [2.05, 4.69) is 0 Å². The quantitative estimate of drug-likeness (QED) is 0.620. The molecule has 0 amide bonds. The van der Waals surface area contributed by atoms with Gasteiger partial charge in [0.25, 0.3) is 5.56 Å². The number of nitrogens with two attached hydrogens (primary N) is 2. The maximum absolute atomic E-state index is 14.8. The third-order valence-electron chi connectivity index (χ3n) is 6.17. The Morgan fingerprint density at radius 2 is 1.97 bits per heavy atom. The second kappa shape index (κ2) is 7.92. The predicted octanol–water partition coefficient (Wildman–Crippen LogP) is 0.359. The van der Waals surface area contributed by atoms with Crippen molar-refractivity contribution in [3.05, 3.63) is 33.0 Å². The van der Waals surface area contributed by atoms with Crippen molar-refractivity contribution in [2.75, 3.05) is 44.7 Å². The molecule has 1 aromatic heterocycles. The number of hydrogen-bond donors (Lipinski definition) is 2. The molecule has 0 radical (unpaired) electrons. The molecule has 1 aliphatic carbocycles. The van der Waals surface area contributed by atoms with Crippen LogP contribution in [0.1, 0.15) is 25.3 Å². The molecule has 2 aliphatic rings. The van der Waals surface area contributed by atoms with E-state index in [1.54, 1.807) is 19.2 Å². The highest BCUT2D eigenvalue weighted by molar-refractivity contribution is 5.91. The first-order chi connectivity index (χ1) is 14.4. The van der Waals surface area contributed by atoms with E-state index in [0.717, 1.165) is 12.8 Å². The van der Waals surface area contributed by atoms with Crippen molar-refractivity contribution >= 4 is 16.6 Å². The fraction of sp³-hybridized carbons (Fsp3) is 0.600. The number of nitrogen functional groups attached to an aromatic ring is 1. The van der Waals surface area contributed by atoms with Crippen molar-refractivity contribution < 1.29 is 13.9 Å². The Kier molecular flexibility index (Phi) is 5.46. The highest BCUT2D eigenvalue weighted by Crippen LogP contribution is 2.42. The summed E-state index contributed by atoms with van der Waals surface area (Å²) in [5, 5.41) is 0.300. The molecule has 0 bridgehead atoms. The van der Waals surface area contributed by atoms with E-state index < -0.39 is 17.4 Å². The van der Waals surface area contributed by atoms with E-state index in [1.807, 2.05) is 4.90 Å². The molecule has 1 aromatic carbocycles. The Bertz CT molecular complexity index is 1060. The lowest BCUT2D eigenvalue weighted by atomic mass is 9.96. The van der Waals surface area contributed by atoms with E-state index in [4.69, 9.17) is 21.1 Å². The average molecular weight is 421 g/mol.